The number of carbonyl (C=O) groups excluding carboxylic acids is 1. The summed E-state index contributed by atoms with van der Waals surface area (Å²) in [6.45, 7) is 4.57. The summed E-state index contributed by atoms with van der Waals surface area (Å²) in [5, 5.41) is 0.750. The molecular weight excluding hydrogens is 420 g/mol. The number of nitrogens with one attached hydrogen (secondary N) is 2. The second-order valence-electron chi connectivity index (χ2n) is 8.23. The zero-order chi connectivity index (χ0) is 22.9. The smallest absolute Gasteiger partial charge is 0.276 e. The van der Waals surface area contributed by atoms with Crippen LogP contribution < -0.4 is 11.3 Å². The number of benzene rings is 2. The molecule has 4 aromatic rings. The molecule has 4 N–H and O–H groups in total. The topological polar surface area (TPSA) is 120 Å². The van der Waals surface area contributed by atoms with Crippen molar-refractivity contribution in [2.75, 3.05) is 52.2 Å². The number of H-pyrrole nitrogens is 2. The van der Waals surface area contributed by atoms with Crippen LogP contribution in [0.1, 0.15) is 10.4 Å². The van der Waals surface area contributed by atoms with E-state index in [1.165, 1.54) is 0 Å². The molecule has 0 aliphatic carbocycles. The summed E-state index contributed by atoms with van der Waals surface area (Å²) < 4.78 is 5.14. The van der Waals surface area contributed by atoms with Crippen LogP contribution in [0.2, 0.25) is 0 Å². The standard InChI is InChI=1S/C24H26N6O3/c1-33-13-12-29-8-10-30(11-9-29)24(32)15-6-7-16-19(14-15)27-21(20(16)25)22-23(31)28-18-5-3-2-4-17(18)26-22/h2-7,14,27H,8-13,25H2,1H3,(H,28,31). The first-order chi connectivity index (χ1) is 16.0. The van der Waals surface area contributed by atoms with Crippen LogP contribution in [0.4, 0.5) is 5.69 Å². The number of methoxy groups -OCH3 is 1. The number of nitrogens with two attached hydrogens (primary N) is 1. The molecular formula is C24H26N6O3. The lowest BCUT2D eigenvalue weighted by molar-refractivity contribution is 0.0594. The minimum absolute atomic E-state index is 0.0142. The maximum atomic E-state index is 13.1. The first-order valence-corrected chi connectivity index (χ1v) is 11.0. The van der Waals surface area contributed by atoms with Crippen molar-refractivity contribution in [3.8, 4) is 11.4 Å². The SMILES string of the molecule is COCCN1CCN(C(=O)c2ccc3c(N)c(-c4nc5ccccc5[nH]c4=O)[nH]c3c2)CC1. The maximum absolute atomic E-state index is 13.1. The van der Waals surface area contributed by atoms with E-state index in [1.807, 2.05) is 29.2 Å². The van der Waals surface area contributed by atoms with E-state index < -0.39 is 0 Å². The van der Waals surface area contributed by atoms with Crippen LogP contribution in [-0.4, -0.2) is 77.1 Å². The van der Waals surface area contributed by atoms with Crippen LogP contribution in [0.25, 0.3) is 33.3 Å². The molecule has 0 bridgehead atoms. The maximum Gasteiger partial charge on any atom is 0.276 e. The van der Waals surface area contributed by atoms with E-state index in [4.69, 9.17) is 10.5 Å². The number of carbonyl (C=O) groups is 1. The Balaban J connectivity index is 1.43. The number of rotatable bonds is 5. The number of amides is 1. The molecule has 1 aliphatic rings. The molecule has 9 nitrogen and oxygen atoms in total. The fourth-order valence-electron chi connectivity index (χ4n) is 4.32. The molecule has 1 amide bonds. The molecule has 9 heteroatoms. The third-order valence-electron chi connectivity index (χ3n) is 6.19. The molecule has 0 saturated carbocycles. The highest BCUT2D eigenvalue weighted by Gasteiger charge is 2.23. The Kier molecular flexibility index (Phi) is 5.57. The van der Waals surface area contributed by atoms with Crippen LogP contribution in [0.5, 0.6) is 0 Å². The quantitative estimate of drug-likeness (QED) is 0.432. The minimum Gasteiger partial charge on any atom is -0.396 e. The first kappa shape index (κ1) is 21.2. The average molecular weight is 447 g/mol. The van der Waals surface area contributed by atoms with Gasteiger partial charge in [0.05, 0.1) is 29.0 Å². The third-order valence-corrected chi connectivity index (χ3v) is 6.19. The molecule has 33 heavy (non-hydrogen) atoms. The van der Waals surface area contributed by atoms with Crippen molar-refractivity contribution in [2.45, 2.75) is 0 Å². The number of hydrogen-bond acceptors (Lipinski definition) is 6. The Hall–Kier alpha value is -3.69. The van der Waals surface area contributed by atoms with E-state index in [0.29, 0.717) is 53.2 Å². The lowest BCUT2D eigenvalue weighted by atomic mass is 10.1. The van der Waals surface area contributed by atoms with Gasteiger partial charge in [0, 0.05) is 56.3 Å². The molecule has 2 aromatic heterocycles. The predicted octanol–water partition coefficient (Wildman–Crippen LogP) is 2.06. The van der Waals surface area contributed by atoms with Gasteiger partial charge in [-0.1, -0.05) is 12.1 Å². The van der Waals surface area contributed by atoms with Gasteiger partial charge in [0.2, 0.25) is 0 Å². The molecule has 2 aromatic carbocycles. The number of para-hydroxylation sites is 2. The Morgan fingerprint density at radius 3 is 2.67 bits per heavy atom. The summed E-state index contributed by atoms with van der Waals surface area (Å²) in [5.41, 5.74) is 9.77. The van der Waals surface area contributed by atoms with Gasteiger partial charge in [0.1, 0.15) is 0 Å². The number of nitrogen functional groups attached to an aromatic ring is 1. The second kappa shape index (κ2) is 8.68. The van der Waals surface area contributed by atoms with E-state index in [2.05, 4.69) is 19.9 Å². The Morgan fingerprint density at radius 2 is 1.88 bits per heavy atom. The van der Waals surface area contributed by atoms with E-state index in [-0.39, 0.29) is 17.2 Å². The fraction of sp³-hybridized carbons (Fsp3) is 0.292. The molecule has 0 radical (unpaired) electrons. The lowest BCUT2D eigenvalue weighted by Crippen LogP contribution is -2.49. The molecule has 0 unspecified atom stereocenters. The number of fused-ring (bicyclic) bond motifs is 2. The van der Waals surface area contributed by atoms with E-state index in [9.17, 15) is 9.59 Å². The number of piperazine rings is 1. The van der Waals surface area contributed by atoms with Crippen LogP contribution in [-0.2, 0) is 4.74 Å². The van der Waals surface area contributed by atoms with Crippen molar-refractivity contribution < 1.29 is 9.53 Å². The zero-order valence-corrected chi connectivity index (χ0v) is 18.4. The molecule has 170 valence electrons. The predicted molar refractivity (Wildman–Crippen MR) is 128 cm³/mol. The van der Waals surface area contributed by atoms with Gasteiger partial charge in [-0.3, -0.25) is 14.5 Å². The highest BCUT2D eigenvalue weighted by atomic mass is 16.5. The van der Waals surface area contributed by atoms with Crippen LogP contribution in [0.15, 0.2) is 47.3 Å². The van der Waals surface area contributed by atoms with E-state index in [1.54, 1.807) is 25.3 Å². The van der Waals surface area contributed by atoms with Crippen molar-refractivity contribution in [1.29, 1.82) is 0 Å². The van der Waals surface area contributed by atoms with Crippen LogP contribution >= 0.6 is 0 Å². The molecule has 1 aliphatic heterocycles. The van der Waals surface area contributed by atoms with Crippen molar-refractivity contribution in [3.63, 3.8) is 0 Å². The van der Waals surface area contributed by atoms with Gasteiger partial charge in [0.25, 0.3) is 11.5 Å². The number of aromatic nitrogens is 3. The van der Waals surface area contributed by atoms with Gasteiger partial charge in [-0.05, 0) is 30.3 Å². The van der Waals surface area contributed by atoms with Gasteiger partial charge in [-0.2, -0.15) is 0 Å². The van der Waals surface area contributed by atoms with Gasteiger partial charge in [-0.15, -0.1) is 0 Å². The van der Waals surface area contributed by atoms with Gasteiger partial charge >= 0.3 is 0 Å². The monoisotopic (exact) mass is 446 g/mol. The van der Waals surface area contributed by atoms with Crippen molar-refractivity contribution in [1.82, 2.24) is 24.8 Å². The van der Waals surface area contributed by atoms with Gasteiger partial charge in [0.15, 0.2) is 5.69 Å². The molecule has 1 saturated heterocycles. The lowest BCUT2D eigenvalue weighted by Gasteiger charge is -2.34. The molecule has 1 fully saturated rings. The Labute approximate surface area is 190 Å². The largest absolute Gasteiger partial charge is 0.396 e. The Morgan fingerprint density at radius 1 is 1.09 bits per heavy atom. The molecule has 5 rings (SSSR count). The molecule has 0 spiro atoms. The summed E-state index contributed by atoms with van der Waals surface area (Å²) in [4.78, 5) is 40.5. The van der Waals surface area contributed by atoms with Crippen LogP contribution in [0.3, 0.4) is 0 Å². The number of aromatic amines is 2. The average Bonchev–Trinajstić information content (AvgIpc) is 3.17. The van der Waals surface area contributed by atoms with Gasteiger partial charge < -0.3 is 25.3 Å². The number of hydrogen-bond donors (Lipinski definition) is 3. The number of ether oxygens (including phenoxy) is 1. The summed E-state index contributed by atoms with van der Waals surface area (Å²) >= 11 is 0. The van der Waals surface area contributed by atoms with Crippen molar-refractivity contribution >= 4 is 33.5 Å². The van der Waals surface area contributed by atoms with Crippen molar-refractivity contribution in [3.05, 3.63) is 58.4 Å². The minimum atomic E-state index is -0.324. The fourth-order valence-corrected chi connectivity index (χ4v) is 4.32. The molecule has 0 atom stereocenters. The second-order valence-corrected chi connectivity index (χ2v) is 8.23. The van der Waals surface area contributed by atoms with Crippen molar-refractivity contribution in [2.24, 2.45) is 0 Å². The molecule has 3 heterocycles. The number of nitrogens with zero attached hydrogens (tertiary/aromatic N) is 3. The highest BCUT2D eigenvalue weighted by molar-refractivity contribution is 6.04. The summed E-state index contributed by atoms with van der Waals surface area (Å²) in [6.07, 6.45) is 0. The van der Waals surface area contributed by atoms with E-state index >= 15 is 0 Å². The first-order valence-electron chi connectivity index (χ1n) is 11.0. The zero-order valence-electron chi connectivity index (χ0n) is 18.4. The summed E-state index contributed by atoms with van der Waals surface area (Å²) in [6, 6.07) is 12.7. The summed E-state index contributed by atoms with van der Waals surface area (Å²) in [7, 11) is 1.70. The summed E-state index contributed by atoms with van der Waals surface area (Å²) in [5.74, 6) is -0.0142. The highest BCUT2D eigenvalue weighted by Crippen LogP contribution is 2.31. The number of anilines is 1. The van der Waals surface area contributed by atoms with E-state index in [0.717, 1.165) is 25.0 Å². The van der Waals surface area contributed by atoms with Gasteiger partial charge in [-0.25, -0.2) is 4.98 Å². The third kappa shape index (κ3) is 3.96. The normalized spacial score (nSPS) is 14.9. The Bertz CT molecular complexity index is 1380. The van der Waals surface area contributed by atoms with Crippen LogP contribution in [0, 0.1) is 0 Å².